The SMILES string of the molecule is CC(C)Cc1ccc(-c2nc(-c3ccc(C4CC(CC(=O)O)C(=O)N4C)cc3)no2)cc1. The van der Waals surface area contributed by atoms with Crippen LogP contribution in [0.1, 0.15) is 43.9 Å². The molecule has 1 aliphatic rings. The number of amides is 1. The first kappa shape index (κ1) is 21.7. The maximum absolute atomic E-state index is 12.4. The molecule has 3 aromatic rings. The molecule has 0 aliphatic carbocycles. The summed E-state index contributed by atoms with van der Waals surface area (Å²) in [5.74, 6) is 0.0204. The summed E-state index contributed by atoms with van der Waals surface area (Å²) in [6.45, 7) is 4.39. The molecule has 32 heavy (non-hydrogen) atoms. The highest BCUT2D eigenvalue weighted by Gasteiger charge is 2.38. The lowest BCUT2D eigenvalue weighted by atomic mass is 9.96. The van der Waals surface area contributed by atoms with Gasteiger partial charge >= 0.3 is 5.97 Å². The number of aliphatic carboxylic acids is 1. The number of likely N-dealkylation sites (tertiary alicyclic amines) is 1. The van der Waals surface area contributed by atoms with Gasteiger partial charge in [0, 0.05) is 18.2 Å². The highest BCUT2D eigenvalue weighted by Crippen LogP contribution is 2.37. The smallest absolute Gasteiger partial charge is 0.304 e. The predicted octanol–water partition coefficient (Wildman–Crippen LogP) is 4.60. The zero-order chi connectivity index (χ0) is 22.8. The van der Waals surface area contributed by atoms with Gasteiger partial charge in [0.15, 0.2) is 0 Å². The Morgan fingerprint density at radius 3 is 2.41 bits per heavy atom. The molecule has 1 aliphatic heterocycles. The highest BCUT2D eigenvalue weighted by atomic mass is 16.5. The second-order valence-electron chi connectivity index (χ2n) is 8.84. The van der Waals surface area contributed by atoms with Crippen LogP contribution in [0.15, 0.2) is 53.1 Å². The molecule has 1 amide bonds. The third-order valence-corrected chi connectivity index (χ3v) is 5.92. The number of hydrogen-bond acceptors (Lipinski definition) is 5. The molecule has 0 spiro atoms. The van der Waals surface area contributed by atoms with E-state index >= 15 is 0 Å². The normalized spacial score (nSPS) is 18.5. The van der Waals surface area contributed by atoms with Gasteiger partial charge in [-0.2, -0.15) is 4.98 Å². The standard InChI is InChI=1S/C25H27N3O4/c1-15(2)12-16-4-6-19(7-5-16)24-26-23(27-32-24)18-10-8-17(9-11-18)21-13-20(14-22(29)30)25(31)28(21)3/h4-11,15,20-21H,12-14H2,1-3H3,(H,29,30). The number of hydrogen-bond donors (Lipinski definition) is 1. The van der Waals surface area contributed by atoms with Gasteiger partial charge in [-0.3, -0.25) is 9.59 Å². The molecule has 2 heterocycles. The summed E-state index contributed by atoms with van der Waals surface area (Å²) >= 11 is 0. The van der Waals surface area contributed by atoms with Gasteiger partial charge in [-0.15, -0.1) is 0 Å². The molecule has 1 N–H and O–H groups in total. The fraction of sp³-hybridized carbons (Fsp3) is 0.360. The number of carbonyl (C=O) groups is 2. The molecular weight excluding hydrogens is 406 g/mol. The van der Waals surface area contributed by atoms with Gasteiger partial charge in [0.2, 0.25) is 11.7 Å². The summed E-state index contributed by atoms with van der Waals surface area (Å²) in [5, 5.41) is 13.2. The van der Waals surface area contributed by atoms with Gasteiger partial charge in [0.1, 0.15) is 0 Å². The van der Waals surface area contributed by atoms with E-state index in [1.54, 1.807) is 11.9 Å². The molecular formula is C25H27N3O4. The van der Waals surface area contributed by atoms with Crippen molar-refractivity contribution in [3.8, 4) is 22.8 Å². The minimum Gasteiger partial charge on any atom is -0.481 e. The molecule has 7 heteroatoms. The minimum atomic E-state index is -0.949. The highest BCUT2D eigenvalue weighted by molar-refractivity contribution is 5.85. The fourth-order valence-electron chi connectivity index (χ4n) is 4.28. The fourth-order valence-corrected chi connectivity index (χ4v) is 4.28. The lowest BCUT2D eigenvalue weighted by Gasteiger charge is -2.20. The van der Waals surface area contributed by atoms with Gasteiger partial charge < -0.3 is 14.5 Å². The summed E-state index contributed by atoms with van der Waals surface area (Å²) < 4.78 is 5.47. The van der Waals surface area contributed by atoms with Gasteiger partial charge in [-0.1, -0.05) is 55.4 Å². The van der Waals surface area contributed by atoms with Crippen LogP contribution >= 0.6 is 0 Å². The Morgan fingerprint density at radius 1 is 1.12 bits per heavy atom. The van der Waals surface area contributed by atoms with E-state index in [9.17, 15) is 9.59 Å². The van der Waals surface area contributed by atoms with Gasteiger partial charge in [-0.05, 0) is 42.0 Å². The van der Waals surface area contributed by atoms with Crippen LogP contribution in [-0.4, -0.2) is 39.1 Å². The van der Waals surface area contributed by atoms with E-state index < -0.39 is 11.9 Å². The monoisotopic (exact) mass is 433 g/mol. The van der Waals surface area contributed by atoms with Crippen molar-refractivity contribution in [1.82, 2.24) is 15.0 Å². The van der Waals surface area contributed by atoms with Crippen LogP contribution in [0, 0.1) is 11.8 Å². The van der Waals surface area contributed by atoms with Crippen LogP contribution in [0.25, 0.3) is 22.8 Å². The van der Waals surface area contributed by atoms with E-state index in [-0.39, 0.29) is 18.4 Å². The van der Waals surface area contributed by atoms with Crippen molar-refractivity contribution < 1.29 is 19.2 Å². The Bertz CT molecular complexity index is 1100. The van der Waals surface area contributed by atoms with Crippen molar-refractivity contribution in [3.63, 3.8) is 0 Å². The first-order valence-electron chi connectivity index (χ1n) is 10.8. The van der Waals surface area contributed by atoms with E-state index in [0.29, 0.717) is 24.1 Å². The van der Waals surface area contributed by atoms with Gasteiger partial charge in [0.05, 0.1) is 18.4 Å². The number of carboxylic acid groups (broad SMARTS) is 1. The third-order valence-electron chi connectivity index (χ3n) is 5.92. The lowest BCUT2D eigenvalue weighted by molar-refractivity contribution is -0.141. The number of carboxylic acids is 1. The molecule has 2 unspecified atom stereocenters. The molecule has 0 saturated carbocycles. The van der Waals surface area contributed by atoms with Crippen molar-refractivity contribution in [2.24, 2.45) is 11.8 Å². The quantitative estimate of drug-likeness (QED) is 0.585. The van der Waals surface area contributed by atoms with Gasteiger partial charge in [0.25, 0.3) is 5.89 Å². The third kappa shape index (κ3) is 4.56. The summed E-state index contributed by atoms with van der Waals surface area (Å²) in [5.41, 5.74) is 3.93. The number of aromatic nitrogens is 2. The van der Waals surface area contributed by atoms with E-state index in [1.807, 2.05) is 36.4 Å². The molecule has 0 radical (unpaired) electrons. The van der Waals surface area contributed by atoms with Crippen LogP contribution in [0.2, 0.25) is 0 Å². The second kappa shape index (κ2) is 8.94. The maximum atomic E-state index is 12.4. The van der Waals surface area contributed by atoms with Crippen LogP contribution in [-0.2, 0) is 16.0 Å². The summed E-state index contributed by atoms with van der Waals surface area (Å²) in [4.78, 5) is 29.5. The van der Waals surface area contributed by atoms with E-state index in [2.05, 4.69) is 36.1 Å². The van der Waals surface area contributed by atoms with Crippen LogP contribution in [0.4, 0.5) is 0 Å². The second-order valence-corrected chi connectivity index (χ2v) is 8.84. The number of rotatable bonds is 7. The summed E-state index contributed by atoms with van der Waals surface area (Å²) in [7, 11) is 1.72. The zero-order valence-electron chi connectivity index (χ0n) is 18.5. The zero-order valence-corrected chi connectivity index (χ0v) is 18.5. The largest absolute Gasteiger partial charge is 0.481 e. The molecule has 1 aromatic heterocycles. The Morgan fingerprint density at radius 2 is 1.78 bits per heavy atom. The number of nitrogens with zero attached hydrogens (tertiary/aromatic N) is 3. The molecule has 1 fully saturated rings. The van der Waals surface area contributed by atoms with Crippen molar-refractivity contribution in [3.05, 3.63) is 59.7 Å². The Balaban J connectivity index is 1.48. The van der Waals surface area contributed by atoms with E-state index in [4.69, 9.17) is 9.63 Å². The Hall–Kier alpha value is -3.48. The number of carbonyl (C=O) groups excluding carboxylic acids is 1. The van der Waals surface area contributed by atoms with Crippen molar-refractivity contribution in [2.75, 3.05) is 7.05 Å². The molecule has 2 aromatic carbocycles. The number of benzene rings is 2. The van der Waals surface area contributed by atoms with Crippen molar-refractivity contribution in [2.45, 2.75) is 39.2 Å². The average molecular weight is 434 g/mol. The Kier molecular flexibility index (Phi) is 6.08. The van der Waals surface area contributed by atoms with Gasteiger partial charge in [-0.25, -0.2) is 0 Å². The average Bonchev–Trinajstić information content (AvgIpc) is 3.35. The van der Waals surface area contributed by atoms with Crippen molar-refractivity contribution in [1.29, 1.82) is 0 Å². The minimum absolute atomic E-state index is 0.122. The molecule has 1 saturated heterocycles. The topological polar surface area (TPSA) is 96.5 Å². The molecule has 0 bridgehead atoms. The first-order valence-corrected chi connectivity index (χ1v) is 10.8. The van der Waals surface area contributed by atoms with Crippen LogP contribution < -0.4 is 0 Å². The van der Waals surface area contributed by atoms with E-state index in [0.717, 1.165) is 23.1 Å². The molecule has 4 rings (SSSR count). The molecule has 7 nitrogen and oxygen atoms in total. The lowest BCUT2D eigenvalue weighted by Crippen LogP contribution is -2.25. The van der Waals surface area contributed by atoms with Crippen LogP contribution in [0.3, 0.4) is 0 Å². The summed E-state index contributed by atoms with van der Waals surface area (Å²) in [6, 6.07) is 15.7. The first-order chi connectivity index (χ1) is 15.3. The van der Waals surface area contributed by atoms with E-state index in [1.165, 1.54) is 5.56 Å². The molecule has 2 atom stereocenters. The maximum Gasteiger partial charge on any atom is 0.304 e. The van der Waals surface area contributed by atoms with Crippen molar-refractivity contribution >= 4 is 11.9 Å². The predicted molar refractivity (Wildman–Crippen MR) is 120 cm³/mol. The molecule has 166 valence electrons. The Labute approximate surface area is 187 Å². The van der Waals surface area contributed by atoms with Crippen LogP contribution in [0.5, 0.6) is 0 Å². The summed E-state index contributed by atoms with van der Waals surface area (Å²) in [6.07, 6.45) is 1.39.